The predicted octanol–water partition coefficient (Wildman–Crippen LogP) is 1.23. The zero-order chi connectivity index (χ0) is 12.9. The number of carbonyl (C=O) groups excluding carboxylic acids is 1. The number of carbonyl (C=O) groups is 1. The number of nitrogens with one attached hydrogen (secondary N) is 1. The van der Waals surface area contributed by atoms with Crippen LogP contribution in [0.4, 0.5) is 8.78 Å². The quantitative estimate of drug-likeness (QED) is 0.576. The molecule has 1 rings (SSSR count). The molecule has 1 fully saturated rings. The Bertz CT molecular complexity index is 368. The predicted molar refractivity (Wildman–Crippen MR) is 59.3 cm³/mol. The summed E-state index contributed by atoms with van der Waals surface area (Å²) in [7, 11) is 0. The van der Waals surface area contributed by atoms with Gasteiger partial charge in [-0.3, -0.25) is 4.79 Å². The first-order chi connectivity index (χ1) is 7.95. The van der Waals surface area contributed by atoms with Crippen LogP contribution in [0.15, 0.2) is 12.2 Å². The topological polar surface area (TPSA) is 49.3 Å². The van der Waals surface area contributed by atoms with Gasteiger partial charge in [-0.25, -0.2) is 0 Å². The minimum absolute atomic E-state index is 0.453. The first-order valence-electron chi connectivity index (χ1n) is 5.40. The summed E-state index contributed by atoms with van der Waals surface area (Å²) in [5.74, 6) is 0.940. The lowest BCUT2D eigenvalue weighted by Gasteiger charge is -2.05. The second-order valence-electron chi connectivity index (χ2n) is 3.91. The largest absolute Gasteiger partial charge is 0.389 e. The summed E-state index contributed by atoms with van der Waals surface area (Å²) in [4.78, 5) is 10.8. The van der Waals surface area contributed by atoms with Crippen LogP contribution >= 0.6 is 0 Å². The summed E-state index contributed by atoms with van der Waals surface area (Å²) >= 11 is 0. The van der Waals surface area contributed by atoms with E-state index in [1.165, 1.54) is 12.2 Å². The highest BCUT2D eigenvalue weighted by Gasteiger charge is 2.47. The van der Waals surface area contributed by atoms with Crippen molar-refractivity contribution in [3.63, 3.8) is 0 Å². The fraction of sp³-hybridized carbons (Fsp3) is 0.583. The van der Waals surface area contributed by atoms with Gasteiger partial charge < -0.3 is 10.4 Å². The minimum Gasteiger partial charge on any atom is -0.389 e. The fourth-order valence-corrected chi connectivity index (χ4v) is 1.51. The number of amides is 1. The molecular weight excluding hydrogens is 228 g/mol. The SMILES string of the molecule is CC#CCC[C@H](O)/C=C/[C@H]1CC(F)(F)C(=O)N1. The molecule has 0 radical (unpaired) electrons. The molecule has 1 aliphatic heterocycles. The van der Waals surface area contributed by atoms with Crippen molar-refractivity contribution in [2.75, 3.05) is 0 Å². The van der Waals surface area contributed by atoms with Crippen LogP contribution in [0.2, 0.25) is 0 Å². The molecule has 2 N–H and O–H groups in total. The molecule has 2 atom stereocenters. The van der Waals surface area contributed by atoms with E-state index in [0.29, 0.717) is 12.8 Å². The number of rotatable bonds is 4. The number of aliphatic hydroxyl groups excluding tert-OH is 1. The van der Waals surface area contributed by atoms with Crippen molar-refractivity contribution in [3.05, 3.63) is 12.2 Å². The summed E-state index contributed by atoms with van der Waals surface area (Å²) < 4.78 is 25.7. The molecule has 0 aromatic carbocycles. The Labute approximate surface area is 98.9 Å². The van der Waals surface area contributed by atoms with Gasteiger partial charge in [-0.1, -0.05) is 12.2 Å². The van der Waals surface area contributed by atoms with E-state index < -0.39 is 30.4 Å². The maximum atomic E-state index is 12.8. The van der Waals surface area contributed by atoms with Gasteiger partial charge in [0.1, 0.15) is 0 Å². The summed E-state index contributed by atoms with van der Waals surface area (Å²) in [5.41, 5.74) is 0. The lowest BCUT2D eigenvalue weighted by atomic mass is 10.1. The molecule has 17 heavy (non-hydrogen) atoms. The standard InChI is InChI=1S/C12H15F2NO2/c1-2-3-4-5-10(16)7-6-9-8-12(13,14)11(17)15-9/h6-7,9-10,16H,4-5,8H2,1H3,(H,15,17)/b7-6+/t9-,10-/m0/s1. The van der Waals surface area contributed by atoms with Crippen molar-refractivity contribution in [3.8, 4) is 11.8 Å². The normalized spacial score (nSPS) is 24.2. The Morgan fingerprint density at radius 3 is 2.94 bits per heavy atom. The van der Waals surface area contributed by atoms with E-state index in [9.17, 15) is 18.7 Å². The van der Waals surface area contributed by atoms with E-state index in [4.69, 9.17) is 0 Å². The minimum atomic E-state index is -3.30. The van der Waals surface area contributed by atoms with Gasteiger partial charge in [-0.05, 0) is 13.3 Å². The van der Waals surface area contributed by atoms with Gasteiger partial charge in [0.05, 0.1) is 12.1 Å². The van der Waals surface area contributed by atoms with Crippen molar-refractivity contribution in [1.82, 2.24) is 5.32 Å². The molecular formula is C12H15F2NO2. The van der Waals surface area contributed by atoms with E-state index in [1.807, 2.05) is 0 Å². The molecule has 1 aliphatic rings. The third-order valence-electron chi connectivity index (χ3n) is 2.43. The summed E-state index contributed by atoms with van der Waals surface area (Å²) in [6.07, 6.45) is 2.56. The van der Waals surface area contributed by atoms with Crippen molar-refractivity contribution < 1.29 is 18.7 Å². The Balaban J connectivity index is 2.39. The fourth-order valence-electron chi connectivity index (χ4n) is 1.51. The Morgan fingerprint density at radius 1 is 1.71 bits per heavy atom. The number of alkyl halides is 2. The molecule has 94 valence electrons. The lowest BCUT2D eigenvalue weighted by molar-refractivity contribution is -0.139. The van der Waals surface area contributed by atoms with Gasteiger partial charge in [-0.2, -0.15) is 8.78 Å². The van der Waals surface area contributed by atoms with Crippen molar-refractivity contribution in [2.45, 2.75) is 44.3 Å². The molecule has 0 aliphatic carbocycles. The van der Waals surface area contributed by atoms with Crippen LogP contribution in [0.1, 0.15) is 26.2 Å². The smallest absolute Gasteiger partial charge is 0.326 e. The van der Waals surface area contributed by atoms with Crippen molar-refractivity contribution in [1.29, 1.82) is 0 Å². The van der Waals surface area contributed by atoms with E-state index >= 15 is 0 Å². The zero-order valence-corrected chi connectivity index (χ0v) is 9.54. The maximum Gasteiger partial charge on any atom is 0.326 e. The second-order valence-corrected chi connectivity index (χ2v) is 3.91. The molecule has 0 bridgehead atoms. The van der Waals surface area contributed by atoms with Crippen LogP contribution in [-0.2, 0) is 4.79 Å². The second kappa shape index (κ2) is 5.78. The molecule has 0 unspecified atom stereocenters. The van der Waals surface area contributed by atoms with E-state index in [0.717, 1.165) is 0 Å². The summed E-state index contributed by atoms with van der Waals surface area (Å²) in [6, 6.07) is -0.704. The zero-order valence-electron chi connectivity index (χ0n) is 9.54. The molecule has 0 spiro atoms. The molecule has 3 nitrogen and oxygen atoms in total. The average Bonchev–Trinajstić information content (AvgIpc) is 2.50. The van der Waals surface area contributed by atoms with Gasteiger partial charge in [0.25, 0.3) is 5.91 Å². The van der Waals surface area contributed by atoms with Crippen LogP contribution < -0.4 is 5.32 Å². The highest BCUT2D eigenvalue weighted by Crippen LogP contribution is 2.27. The third kappa shape index (κ3) is 4.16. The number of hydrogen-bond donors (Lipinski definition) is 2. The van der Waals surface area contributed by atoms with E-state index in [-0.39, 0.29) is 0 Å². The maximum absolute atomic E-state index is 12.8. The first kappa shape index (κ1) is 13.7. The Hall–Kier alpha value is -1.41. The first-order valence-corrected chi connectivity index (χ1v) is 5.40. The molecule has 0 saturated carbocycles. The average molecular weight is 243 g/mol. The van der Waals surface area contributed by atoms with Crippen LogP contribution in [0, 0.1) is 11.8 Å². The van der Waals surface area contributed by atoms with Crippen LogP contribution in [0.5, 0.6) is 0 Å². The molecule has 5 heteroatoms. The number of halogens is 2. The van der Waals surface area contributed by atoms with Crippen LogP contribution in [-0.4, -0.2) is 29.1 Å². The number of aliphatic hydroxyl groups is 1. The Morgan fingerprint density at radius 2 is 2.41 bits per heavy atom. The molecule has 0 aromatic heterocycles. The van der Waals surface area contributed by atoms with Crippen molar-refractivity contribution in [2.24, 2.45) is 0 Å². The van der Waals surface area contributed by atoms with Crippen LogP contribution in [0.3, 0.4) is 0 Å². The van der Waals surface area contributed by atoms with Gasteiger partial charge in [-0.15, -0.1) is 11.8 Å². The lowest BCUT2D eigenvalue weighted by Crippen LogP contribution is -2.30. The van der Waals surface area contributed by atoms with Gasteiger partial charge in [0, 0.05) is 12.8 Å². The highest BCUT2D eigenvalue weighted by molar-refractivity contribution is 5.86. The molecule has 1 heterocycles. The van der Waals surface area contributed by atoms with Gasteiger partial charge >= 0.3 is 5.92 Å². The Kier molecular flexibility index (Phi) is 4.64. The summed E-state index contributed by atoms with van der Waals surface area (Å²) in [6.45, 7) is 1.71. The van der Waals surface area contributed by atoms with Crippen LogP contribution in [0.25, 0.3) is 0 Å². The van der Waals surface area contributed by atoms with Gasteiger partial charge in [0.2, 0.25) is 0 Å². The monoisotopic (exact) mass is 243 g/mol. The van der Waals surface area contributed by atoms with E-state index in [1.54, 1.807) is 6.92 Å². The van der Waals surface area contributed by atoms with Crippen molar-refractivity contribution >= 4 is 5.91 Å². The summed E-state index contributed by atoms with van der Waals surface area (Å²) in [5, 5.41) is 11.6. The molecule has 0 aromatic rings. The number of hydrogen-bond acceptors (Lipinski definition) is 2. The van der Waals surface area contributed by atoms with E-state index in [2.05, 4.69) is 17.2 Å². The van der Waals surface area contributed by atoms with Gasteiger partial charge in [0.15, 0.2) is 0 Å². The highest BCUT2D eigenvalue weighted by atomic mass is 19.3. The molecule has 1 saturated heterocycles. The molecule has 1 amide bonds. The third-order valence-corrected chi connectivity index (χ3v) is 2.43.